The fraction of sp³-hybridized carbons (Fsp3) is 0.696. The Labute approximate surface area is 165 Å². The lowest BCUT2D eigenvalue weighted by molar-refractivity contribution is -0.122. The molecule has 4 heteroatoms. The number of phenolic OH excluding ortho intramolecular Hbond substituents is 1. The van der Waals surface area contributed by atoms with Gasteiger partial charge in [-0.1, -0.05) is 57.9 Å². The van der Waals surface area contributed by atoms with Gasteiger partial charge in [0, 0.05) is 19.4 Å². The van der Waals surface area contributed by atoms with Gasteiger partial charge in [0.2, 0.25) is 0 Å². The van der Waals surface area contributed by atoms with Crippen molar-refractivity contribution in [2.45, 2.75) is 90.6 Å². The predicted molar refractivity (Wildman–Crippen MR) is 111 cm³/mol. The third kappa shape index (κ3) is 10.4. The number of hydrogen-bond acceptors (Lipinski definition) is 4. The minimum Gasteiger partial charge on any atom is -0.504 e. The lowest BCUT2D eigenvalue weighted by atomic mass is 10.00. The fourth-order valence-corrected chi connectivity index (χ4v) is 3.33. The van der Waals surface area contributed by atoms with E-state index in [1.807, 2.05) is 13.0 Å². The summed E-state index contributed by atoms with van der Waals surface area (Å²) < 4.78 is 10.9. The molecular weight excluding hydrogens is 340 g/mol. The molecule has 0 radical (unpaired) electrons. The van der Waals surface area contributed by atoms with E-state index >= 15 is 0 Å². The summed E-state index contributed by atoms with van der Waals surface area (Å²) in [6.45, 7) is 4.89. The van der Waals surface area contributed by atoms with Crippen LogP contribution in [0.1, 0.15) is 83.6 Å². The average molecular weight is 379 g/mol. The van der Waals surface area contributed by atoms with E-state index in [1.165, 1.54) is 45.6 Å². The molecule has 1 N–H and O–H groups in total. The number of ketones is 1. The van der Waals surface area contributed by atoms with Gasteiger partial charge in [-0.05, 0) is 37.5 Å². The van der Waals surface area contributed by atoms with Crippen LogP contribution in [0.15, 0.2) is 18.2 Å². The first kappa shape index (κ1) is 23.5. The number of aromatic hydroxyl groups is 1. The van der Waals surface area contributed by atoms with E-state index in [1.54, 1.807) is 12.1 Å². The van der Waals surface area contributed by atoms with Gasteiger partial charge in [-0.15, -0.1) is 0 Å². The Hall–Kier alpha value is -1.55. The molecule has 1 aromatic carbocycles. The molecule has 0 aliphatic carbocycles. The van der Waals surface area contributed by atoms with Crippen LogP contribution in [0.4, 0.5) is 0 Å². The maximum atomic E-state index is 12.4. The summed E-state index contributed by atoms with van der Waals surface area (Å²) >= 11 is 0. The third-order valence-electron chi connectivity index (χ3n) is 4.92. The second-order valence-corrected chi connectivity index (χ2v) is 7.24. The standard InChI is InChI=1S/C23H38O4/c1-4-6-7-8-9-10-11-12-21(27-5-2)18-20(24)15-13-19-14-16-22(25)23(17-19)26-3/h14,16-17,21,25H,4-13,15,18H2,1-3H3. The molecule has 27 heavy (non-hydrogen) atoms. The highest BCUT2D eigenvalue weighted by atomic mass is 16.5. The zero-order chi connectivity index (χ0) is 19.9. The number of carbonyl (C=O) groups is 1. The monoisotopic (exact) mass is 378 g/mol. The molecule has 1 aromatic rings. The van der Waals surface area contributed by atoms with Crippen LogP contribution in [0.3, 0.4) is 0 Å². The van der Waals surface area contributed by atoms with Crippen molar-refractivity contribution in [3.05, 3.63) is 23.8 Å². The van der Waals surface area contributed by atoms with Gasteiger partial charge in [-0.2, -0.15) is 0 Å². The maximum absolute atomic E-state index is 12.4. The lowest BCUT2D eigenvalue weighted by Crippen LogP contribution is -2.18. The largest absolute Gasteiger partial charge is 0.504 e. The van der Waals surface area contributed by atoms with Gasteiger partial charge in [0.05, 0.1) is 13.2 Å². The topological polar surface area (TPSA) is 55.8 Å². The van der Waals surface area contributed by atoms with Crippen LogP contribution >= 0.6 is 0 Å². The van der Waals surface area contributed by atoms with Crippen molar-refractivity contribution in [3.8, 4) is 11.5 Å². The van der Waals surface area contributed by atoms with Crippen LogP contribution in [-0.4, -0.2) is 30.7 Å². The predicted octanol–water partition coefficient (Wildman–Crippen LogP) is 5.84. The van der Waals surface area contributed by atoms with E-state index in [0.29, 0.717) is 31.6 Å². The van der Waals surface area contributed by atoms with Gasteiger partial charge >= 0.3 is 0 Å². The summed E-state index contributed by atoms with van der Waals surface area (Å²) in [6.07, 6.45) is 11.6. The highest BCUT2D eigenvalue weighted by Crippen LogP contribution is 2.27. The van der Waals surface area contributed by atoms with E-state index in [4.69, 9.17) is 9.47 Å². The molecule has 1 rings (SSSR count). The van der Waals surface area contributed by atoms with E-state index in [0.717, 1.165) is 18.4 Å². The van der Waals surface area contributed by atoms with Crippen LogP contribution in [0.5, 0.6) is 11.5 Å². The van der Waals surface area contributed by atoms with Gasteiger partial charge in [0.25, 0.3) is 0 Å². The summed E-state index contributed by atoms with van der Waals surface area (Å²) in [6, 6.07) is 5.24. The van der Waals surface area contributed by atoms with Crippen molar-refractivity contribution >= 4 is 5.78 Å². The minimum absolute atomic E-state index is 0.0486. The van der Waals surface area contributed by atoms with Crippen molar-refractivity contribution in [2.75, 3.05) is 13.7 Å². The molecule has 0 amide bonds. The first-order valence-corrected chi connectivity index (χ1v) is 10.6. The molecule has 0 spiro atoms. The zero-order valence-electron chi connectivity index (χ0n) is 17.5. The Morgan fingerprint density at radius 2 is 1.78 bits per heavy atom. The van der Waals surface area contributed by atoms with Crippen molar-refractivity contribution in [2.24, 2.45) is 0 Å². The third-order valence-corrected chi connectivity index (χ3v) is 4.92. The SMILES string of the molecule is CCCCCCCCCC(CC(=O)CCc1ccc(O)c(OC)c1)OCC. The van der Waals surface area contributed by atoms with Crippen molar-refractivity contribution in [3.63, 3.8) is 0 Å². The number of benzene rings is 1. The van der Waals surface area contributed by atoms with Crippen LogP contribution in [-0.2, 0) is 16.0 Å². The summed E-state index contributed by atoms with van der Waals surface area (Å²) in [5, 5.41) is 9.64. The van der Waals surface area contributed by atoms with Crippen LogP contribution in [0, 0.1) is 0 Å². The maximum Gasteiger partial charge on any atom is 0.160 e. The van der Waals surface area contributed by atoms with Crippen LogP contribution in [0.25, 0.3) is 0 Å². The quantitative estimate of drug-likeness (QED) is 0.367. The van der Waals surface area contributed by atoms with Crippen molar-refractivity contribution < 1.29 is 19.4 Å². The molecule has 1 unspecified atom stereocenters. The van der Waals surface area contributed by atoms with E-state index in [9.17, 15) is 9.90 Å². The first-order chi connectivity index (χ1) is 13.1. The summed E-state index contributed by atoms with van der Waals surface area (Å²) in [7, 11) is 1.53. The Morgan fingerprint density at radius 3 is 2.44 bits per heavy atom. The van der Waals surface area contributed by atoms with Crippen LogP contribution < -0.4 is 4.74 Å². The lowest BCUT2D eigenvalue weighted by Gasteiger charge is -2.16. The molecule has 0 saturated heterocycles. The summed E-state index contributed by atoms with van der Waals surface area (Å²) in [5.74, 6) is 0.813. The summed E-state index contributed by atoms with van der Waals surface area (Å²) in [5.41, 5.74) is 0.998. The van der Waals surface area contributed by atoms with E-state index < -0.39 is 0 Å². The second kappa shape index (κ2) is 14.5. The molecule has 0 heterocycles. The molecular formula is C23H38O4. The van der Waals surface area contributed by atoms with Gasteiger partial charge in [0.1, 0.15) is 5.78 Å². The number of methoxy groups -OCH3 is 1. The highest BCUT2D eigenvalue weighted by Gasteiger charge is 2.14. The molecule has 0 fully saturated rings. The molecule has 4 nitrogen and oxygen atoms in total. The van der Waals surface area contributed by atoms with Crippen LogP contribution in [0.2, 0.25) is 0 Å². The molecule has 0 saturated carbocycles. The second-order valence-electron chi connectivity index (χ2n) is 7.24. The van der Waals surface area contributed by atoms with Gasteiger partial charge in [0.15, 0.2) is 11.5 Å². The molecule has 0 aromatic heterocycles. The Balaban J connectivity index is 2.31. The summed E-state index contributed by atoms with van der Waals surface area (Å²) in [4.78, 5) is 12.4. The highest BCUT2D eigenvalue weighted by molar-refractivity contribution is 5.79. The minimum atomic E-state index is 0.0486. The number of phenols is 1. The number of hydrogen-bond donors (Lipinski definition) is 1. The Bertz CT molecular complexity index is 527. The van der Waals surface area contributed by atoms with E-state index in [2.05, 4.69) is 6.92 Å². The zero-order valence-corrected chi connectivity index (χ0v) is 17.5. The fourth-order valence-electron chi connectivity index (χ4n) is 3.33. The molecule has 0 aliphatic heterocycles. The number of carbonyl (C=O) groups excluding carboxylic acids is 1. The van der Waals surface area contributed by atoms with E-state index in [-0.39, 0.29) is 17.6 Å². The average Bonchev–Trinajstić information content (AvgIpc) is 2.66. The van der Waals surface area contributed by atoms with Crippen molar-refractivity contribution in [1.29, 1.82) is 0 Å². The Morgan fingerprint density at radius 1 is 1.07 bits per heavy atom. The molecule has 0 aliphatic rings. The van der Waals surface area contributed by atoms with Crippen molar-refractivity contribution in [1.82, 2.24) is 0 Å². The van der Waals surface area contributed by atoms with Gasteiger partial charge in [-0.3, -0.25) is 4.79 Å². The number of rotatable bonds is 16. The number of Topliss-reactive ketones (excluding diaryl/α,β-unsaturated/α-hetero) is 1. The smallest absolute Gasteiger partial charge is 0.160 e. The number of unbranched alkanes of at least 4 members (excludes halogenated alkanes) is 6. The van der Waals surface area contributed by atoms with Gasteiger partial charge in [-0.25, -0.2) is 0 Å². The van der Waals surface area contributed by atoms with Gasteiger partial charge < -0.3 is 14.6 Å². The normalized spacial score (nSPS) is 12.1. The Kier molecular flexibility index (Phi) is 12.6. The first-order valence-electron chi connectivity index (χ1n) is 10.6. The molecule has 1 atom stereocenters. The molecule has 0 bridgehead atoms. The number of aryl methyl sites for hydroxylation is 1. The number of ether oxygens (including phenoxy) is 2. The molecule has 154 valence electrons.